The Balaban J connectivity index is 1.74. The van der Waals surface area contributed by atoms with Crippen LogP contribution in [0, 0.1) is 28.6 Å². The number of amides is 1. The van der Waals surface area contributed by atoms with Gasteiger partial charge in [-0.2, -0.15) is 0 Å². The molecule has 1 N–H and O–H groups in total. The maximum Gasteiger partial charge on any atom is 0.330 e. The van der Waals surface area contributed by atoms with Crippen LogP contribution >= 0.6 is 0 Å². The molecule has 1 spiro atoms. The van der Waals surface area contributed by atoms with Gasteiger partial charge in [-0.1, -0.05) is 32.6 Å². The first-order valence-corrected chi connectivity index (χ1v) is 14.2. The first kappa shape index (κ1) is 30.0. The molecule has 0 radical (unpaired) electrons. The Hall–Kier alpha value is -3.47. The van der Waals surface area contributed by atoms with Crippen molar-refractivity contribution >= 4 is 29.8 Å². The van der Waals surface area contributed by atoms with E-state index < -0.39 is 70.0 Å². The van der Waals surface area contributed by atoms with E-state index in [4.69, 9.17) is 23.7 Å². The number of carbonyl (C=O) groups excluding carboxylic acids is 5. The Morgan fingerprint density at radius 2 is 1.76 bits per heavy atom. The van der Waals surface area contributed by atoms with Crippen molar-refractivity contribution in [1.82, 2.24) is 5.32 Å². The minimum atomic E-state index is -1.17. The molecule has 0 aromatic heterocycles. The fraction of sp³-hybridized carbons (Fsp3) is 0.645. The van der Waals surface area contributed by atoms with E-state index in [2.05, 4.69) is 11.9 Å². The molecular formula is C31H39NO10. The number of cyclic esters (lactones) is 1. The summed E-state index contributed by atoms with van der Waals surface area (Å²) in [5.74, 6) is -4.40. The number of methoxy groups -OCH3 is 1. The van der Waals surface area contributed by atoms with Crippen LogP contribution in [0.2, 0.25) is 0 Å². The zero-order valence-corrected chi connectivity index (χ0v) is 25.1. The second-order valence-electron chi connectivity index (χ2n) is 12.9. The molecule has 2 saturated carbocycles. The van der Waals surface area contributed by atoms with Crippen molar-refractivity contribution in [2.75, 3.05) is 13.7 Å². The van der Waals surface area contributed by atoms with Gasteiger partial charge in [-0.25, -0.2) is 4.79 Å². The van der Waals surface area contributed by atoms with Gasteiger partial charge in [0.15, 0.2) is 0 Å². The molecule has 11 nitrogen and oxygen atoms in total. The van der Waals surface area contributed by atoms with Crippen LogP contribution in [-0.2, 0) is 47.7 Å². The van der Waals surface area contributed by atoms with Crippen LogP contribution < -0.4 is 5.32 Å². The van der Waals surface area contributed by atoms with Gasteiger partial charge < -0.3 is 29.0 Å². The van der Waals surface area contributed by atoms with E-state index in [1.807, 2.05) is 19.9 Å². The normalized spacial score (nSPS) is 41.4. The lowest BCUT2D eigenvalue weighted by Crippen LogP contribution is -2.67. The van der Waals surface area contributed by atoms with Crippen molar-refractivity contribution in [1.29, 1.82) is 0 Å². The first-order chi connectivity index (χ1) is 19.5. The van der Waals surface area contributed by atoms with Crippen molar-refractivity contribution in [3.05, 3.63) is 36.0 Å². The summed E-state index contributed by atoms with van der Waals surface area (Å²) in [5.41, 5.74) is -3.20. The van der Waals surface area contributed by atoms with Gasteiger partial charge in [0.2, 0.25) is 5.91 Å². The van der Waals surface area contributed by atoms with Crippen LogP contribution in [0.25, 0.3) is 0 Å². The zero-order valence-electron chi connectivity index (χ0n) is 25.1. The van der Waals surface area contributed by atoms with E-state index in [1.54, 1.807) is 19.9 Å². The summed E-state index contributed by atoms with van der Waals surface area (Å²) < 4.78 is 29.4. The smallest absolute Gasteiger partial charge is 0.330 e. The summed E-state index contributed by atoms with van der Waals surface area (Å²) in [7, 11) is 1.28. The minimum absolute atomic E-state index is 0.128. The molecular weight excluding hydrogens is 546 g/mol. The number of epoxide rings is 1. The second-order valence-corrected chi connectivity index (χ2v) is 12.9. The third-order valence-electron chi connectivity index (χ3n) is 10.4. The summed E-state index contributed by atoms with van der Waals surface area (Å²) in [6.07, 6.45) is 2.65. The van der Waals surface area contributed by atoms with Crippen LogP contribution in [-0.4, -0.2) is 73.0 Å². The highest BCUT2D eigenvalue weighted by atomic mass is 16.6. The fourth-order valence-electron chi connectivity index (χ4n) is 8.71. The molecule has 9 atom stereocenters. The van der Waals surface area contributed by atoms with Crippen molar-refractivity contribution in [2.45, 2.75) is 83.9 Å². The Bertz CT molecular complexity index is 1330. The van der Waals surface area contributed by atoms with Gasteiger partial charge in [-0.05, 0) is 25.8 Å². The van der Waals surface area contributed by atoms with Crippen LogP contribution in [0.15, 0.2) is 36.0 Å². The number of ether oxygens (including phenoxy) is 5. The predicted octanol–water partition coefficient (Wildman–Crippen LogP) is 2.33. The molecule has 3 aliphatic heterocycles. The van der Waals surface area contributed by atoms with Gasteiger partial charge in [-0.3, -0.25) is 19.2 Å². The Labute approximate surface area is 245 Å². The molecule has 0 aromatic rings. The summed E-state index contributed by atoms with van der Waals surface area (Å²) in [6.45, 7) is 14.7. The van der Waals surface area contributed by atoms with Gasteiger partial charge in [0.25, 0.3) is 0 Å². The molecule has 5 rings (SSSR count). The van der Waals surface area contributed by atoms with E-state index in [0.717, 1.165) is 0 Å². The Kier molecular flexibility index (Phi) is 6.99. The van der Waals surface area contributed by atoms with E-state index >= 15 is 0 Å². The van der Waals surface area contributed by atoms with Gasteiger partial charge in [0.05, 0.1) is 25.0 Å². The zero-order chi connectivity index (χ0) is 31.0. The number of carbonyl (C=O) groups is 5. The number of hydrogen-bond acceptors (Lipinski definition) is 10. The first-order valence-electron chi connectivity index (χ1n) is 14.2. The standard InChI is InChI=1S/C31H39NO10/c1-15-24(29(6)11-9-22(35)42-28(4,5)20(29)14-23(36)38-8)25(39-16(2)33)26(40-17(3)34)30(7)19(13-21-31(15,30)41-21)18-10-12-32-27(18)37/h9-11,19-21,24-26H,1,12-14H2,2-8H3,(H,32,37)/t19-,20-,21+,24+,25+,26-,29-,30+,31+/m0/s1. The number of rotatable bonds is 6. The maximum absolute atomic E-state index is 12.9. The van der Waals surface area contributed by atoms with Gasteiger partial charge in [0.1, 0.15) is 23.4 Å². The number of hydrogen-bond donors (Lipinski definition) is 1. The van der Waals surface area contributed by atoms with Crippen molar-refractivity contribution < 1.29 is 47.7 Å². The van der Waals surface area contributed by atoms with Crippen LogP contribution in [0.4, 0.5) is 0 Å². The van der Waals surface area contributed by atoms with E-state index in [-0.39, 0.29) is 24.3 Å². The molecule has 3 heterocycles. The molecule has 11 heteroatoms. The highest BCUT2D eigenvalue weighted by Gasteiger charge is 2.84. The fourth-order valence-corrected chi connectivity index (χ4v) is 8.71. The SMILES string of the molecule is C=C1[C@@H]([C@@]2(C)C=CC(=O)OC(C)(C)[C@@H]2CC(=O)OC)[C@@H](OC(C)=O)[C@H](OC(C)=O)[C@@]2(C)[C@H](C3=CCNC3=O)C[C@H]3O[C@]132. The topological polar surface area (TPSA) is 147 Å². The molecule has 5 aliphatic rings. The minimum Gasteiger partial charge on any atom is -0.469 e. The molecule has 228 valence electrons. The van der Waals surface area contributed by atoms with Gasteiger partial charge >= 0.3 is 23.9 Å². The monoisotopic (exact) mass is 585 g/mol. The summed E-state index contributed by atoms with van der Waals surface area (Å²) in [6, 6.07) is 0. The van der Waals surface area contributed by atoms with Crippen LogP contribution in [0.3, 0.4) is 0 Å². The Morgan fingerprint density at radius 1 is 1.10 bits per heavy atom. The lowest BCUT2D eigenvalue weighted by molar-refractivity contribution is -0.211. The molecule has 0 bridgehead atoms. The molecule has 42 heavy (non-hydrogen) atoms. The molecule has 1 amide bonds. The average Bonchev–Trinajstić information content (AvgIpc) is 3.40. The molecule has 0 aromatic carbocycles. The molecule has 0 unspecified atom stereocenters. The number of allylic oxidation sites excluding steroid dienone is 1. The lowest BCUT2D eigenvalue weighted by atomic mass is 9.48. The van der Waals surface area contributed by atoms with Crippen LogP contribution in [0.5, 0.6) is 0 Å². The average molecular weight is 586 g/mol. The summed E-state index contributed by atoms with van der Waals surface area (Å²) >= 11 is 0. The highest BCUT2D eigenvalue weighted by molar-refractivity contribution is 5.96. The maximum atomic E-state index is 12.9. The van der Waals surface area contributed by atoms with E-state index in [9.17, 15) is 24.0 Å². The third kappa shape index (κ3) is 4.14. The summed E-state index contributed by atoms with van der Waals surface area (Å²) in [4.78, 5) is 63.9. The lowest BCUT2D eigenvalue weighted by Gasteiger charge is -2.58. The quantitative estimate of drug-likeness (QED) is 0.213. The summed E-state index contributed by atoms with van der Waals surface area (Å²) in [5, 5.41) is 2.83. The van der Waals surface area contributed by atoms with Crippen LogP contribution in [0.1, 0.15) is 54.4 Å². The van der Waals surface area contributed by atoms with Gasteiger partial charge in [-0.15, -0.1) is 0 Å². The van der Waals surface area contributed by atoms with Crippen molar-refractivity contribution in [2.24, 2.45) is 28.6 Å². The highest BCUT2D eigenvalue weighted by Crippen LogP contribution is 2.75. The molecule has 3 fully saturated rings. The third-order valence-corrected chi connectivity index (χ3v) is 10.4. The van der Waals surface area contributed by atoms with Gasteiger partial charge in [0, 0.05) is 55.2 Å². The largest absolute Gasteiger partial charge is 0.469 e. The molecule has 2 aliphatic carbocycles. The van der Waals surface area contributed by atoms with Crippen molar-refractivity contribution in [3.63, 3.8) is 0 Å². The Morgan fingerprint density at radius 3 is 2.33 bits per heavy atom. The number of esters is 4. The molecule has 1 saturated heterocycles. The van der Waals surface area contributed by atoms with E-state index in [1.165, 1.54) is 27.0 Å². The van der Waals surface area contributed by atoms with Crippen molar-refractivity contribution in [3.8, 4) is 0 Å². The number of nitrogens with one attached hydrogen (secondary N) is 1. The second kappa shape index (κ2) is 9.79. The predicted molar refractivity (Wildman–Crippen MR) is 146 cm³/mol. The van der Waals surface area contributed by atoms with E-state index in [0.29, 0.717) is 24.1 Å².